The molecule has 0 unspecified atom stereocenters. The highest BCUT2D eigenvalue weighted by atomic mass is 31.2. The Hall–Kier alpha value is -3.71. The van der Waals surface area contributed by atoms with Crippen LogP contribution in [-0.2, 0) is 5.54 Å². The highest BCUT2D eigenvalue weighted by molar-refractivity contribution is 7.75. The maximum atomic E-state index is 2.75. The molecule has 1 aliphatic heterocycles. The van der Waals surface area contributed by atoms with Crippen molar-refractivity contribution in [3.63, 3.8) is 0 Å². The summed E-state index contributed by atoms with van der Waals surface area (Å²) in [4.78, 5) is 0. The minimum Gasteiger partial charge on any atom is -0.179 e. The van der Waals surface area contributed by atoms with Crippen molar-refractivity contribution in [2.75, 3.05) is 24.8 Å². The van der Waals surface area contributed by atoms with Crippen molar-refractivity contribution in [2.45, 2.75) is 11.6 Å². The van der Waals surface area contributed by atoms with Crippen molar-refractivity contribution in [1.29, 1.82) is 0 Å². The van der Waals surface area contributed by atoms with E-state index < -0.39 is 13.0 Å². The molecule has 0 fully saturated rings. The zero-order chi connectivity index (χ0) is 25.9. The van der Waals surface area contributed by atoms with Crippen LogP contribution in [0.1, 0.15) is 33.9 Å². The van der Waals surface area contributed by atoms with Crippen LogP contribution in [-0.4, -0.2) is 25.0 Å². The minimum absolute atomic E-state index is 0.0169. The summed E-state index contributed by atoms with van der Waals surface area (Å²) in [5, 5.41) is 2.75. The molecule has 0 aromatic heterocycles. The van der Waals surface area contributed by atoms with E-state index in [0.717, 1.165) is 0 Å². The average Bonchev–Trinajstić information content (AvgIpc) is 3.42. The topological polar surface area (TPSA) is 6.48 Å². The van der Waals surface area contributed by atoms with Gasteiger partial charge in [-0.05, 0) is 39.4 Å². The first-order chi connectivity index (χ1) is 18.5. The fourth-order valence-electron chi connectivity index (χ4n) is 6.75. The molecule has 0 N–H and O–H groups in total. The monoisotopic (exact) mass is 511 g/mol. The second kappa shape index (κ2) is 8.67. The molecule has 7 rings (SSSR count). The molecule has 38 heavy (non-hydrogen) atoms. The molecule has 2 nitrogen and oxygen atoms in total. The Morgan fingerprint density at radius 3 is 1.42 bits per heavy atom. The highest BCUT2D eigenvalue weighted by Crippen LogP contribution is 2.69. The third-order valence-electron chi connectivity index (χ3n) is 8.02. The van der Waals surface area contributed by atoms with Gasteiger partial charge in [0.2, 0.25) is 0 Å². The van der Waals surface area contributed by atoms with Crippen LogP contribution in [0.4, 0.5) is 5.69 Å². The van der Waals surface area contributed by atoms with Crippen molar-refractivity contribution in [1.82, 2.24) is 5.01 Å². The van der Waals surface area contributed by atoms with Gasteiger partial charge in [0.15, 0.2) is 0 Å². The number of anilines is 1. The highest BCUT2D eigenvalue weighted by Gasteiger charge is 2.62. The van der Waals surface area contributed by atoms with Crippen LogP contribution >= 0.6 is 7.41 Å². The van der Waals surface area contributed by atoms with Gasteiger partial charge in [0, 0.05) is 5.56 Å². The van der Waals surface area contributed by atoms with Gasteiger partial charge in [-0.2, -0.15) is 9.79 Å². The van der Waals surface area contributed by atoms with E-state index in [9.17, 15) is 0 Å². The lowest BCUT2D eigenvalue weighted by molar-refractivity contribution is 0.152. The first-order valence-electron chi connectivity index (χ1n) is 13.3. The first-order valence-corrected chi connectivity index (χ1v) is 16.4. The van der Waals surface area contributed by atoms with Gasteiger partial charge >= 0.3 is 0 Å². The SMILES string of the molecule is C[P+](C)(C)N1c2ccccc2C2(c3ccccc3-c3ccccc32)N1C(c1ccccc1)c1ccccc1. The van der Waals surface area contributed by atoms with Crippen LogP contribution in [0.25, 0.3) is 11.1 Å². The summed E-state index contributed by atoms with van der Waals surface area (Å²) in [6.45, 7) is 7.32. The third kappa shape index (κ3) is 3.21. The van der Waals surface area contributed by atoms with E-state index in [-0.39, 0.29) is 6.04 Å². The van der Waals surface area contributed by atoms with E-state index in [1.165, 1.54) is 44.6 Å². The van der Waals surface area contributed by atoms with Gasteiger partial charge in [-0.3, -0.25) is 0 Å². The molecule has 186 valence electrons. The molecule has 2 aliphatic rings. The number of hydrazine groups is 1. The number of rotatable bonds is 4. The minimum atomic E-state index is -1.59. The normalized spacial score (nSPS) is 15.5. The lowest BCUT2D eigenvalue weighted by atomic mass is 9.79. The summed E-state index contributed by atoms with van der Waals surface area (Å²) in [5.74, 6) is 0. The summed E-state index contributed by atoms with van der Waals surface area (Å²) < 4.78 is 2.69. The molecular weight excluding hydrogens is 479 g/mol. The van der Waals surface area contributed by atoms with Gasteiger partial charge in [-0.1, -0.05) is 127 Å². The average molecular weight is 512 g/mol. The smallest absolute Gasteiger partial charge is 0.123 e. The Kier molecular flexibility index (Phi) is 5.34. The van der Waals surface area contributed by atoms with Crippen molar-refractivity contribution in [2.24, 2.45) is 0 Å². The number of hydrogen-bond acceptors (Lipinski definition) is 2. The van der Waals surface area contributed by atoms with Gasteiger partial charge < -0.3 is 0 Å². The molecule has 0 saturated heterocycles. The van der Waals surface area contributed by atoms with Gasteiger partial charge in [0.1, 0.15) is 13.0 Å². The van der Waals surface area contributed by atoms with Gasteiger partial charge in [-0.25, -0.2) is 0 Å². The Labute approximate surface area is 226 Å². The molecule has 0 bridgehead atoms. The summed E-state index contributed by atoms with van der Waals surface area (Å²) in [6, 6.07) is 49.3. The van der Waals surface area contributed by atoms with Crippen LogP contribution in [0.5, 0.6) is 0 Å². The van der Waals surface area contributed by atoms with Crippen LogP contribution in [0.2, 0.25) is 0 Å². The summed E-state index contributed by atoms with van der Waals surface area (Å²) in [5.41, 5.74) is 10.2. The molecule has 0 atom stereocenters. The molecular formula is C35H32N2P+. The van der Waals surface area contributed by atoms with Crippen molar-refractivity contribution >= 4 is 13.1 Å². The van der Waals surface area contributed by atoms with Crippen LogP contribution < -0.4 is 4.78 Å². The summed E-state index contributed by atoms with van der Waals surface area (Å²) in [7, 11) is -1.59. The number of benzene rings is 5. The summed E-state index contributed by atoms with van der Waals surface area (Å²) >= 11 is 0. The van der Waals surface area contributed by atoms with E-state index in [1.807, 2.05) is 0 Å². The number of nitrogens with zero attached hydrogens (tertiary/aromatic N) is 2. The van der Waals surface area contributed by atoms with Gasteiger partial charge in [0.25, 0.3) is 0 Å². The lowest BCUT2D eigenvalue weighted by Crippen LogP contribution is -2.52. The standard InChI is InChI=1S/C35H32N2P/c1-38(2,3)37-33-25-15-14-24-32(33)35(30-22-12-10-20-28(30)29-21-11-13-23-31(29)35)36(37)34(26-16-6-4-7-17-26)27-18-8-5-9-19-27/h4-25,34H,1-3H3/q+1. The second-order valence-corrected chi connectivity index (χ2v) is 15.4. The lowest BCUT2D eigenvalue weighted by Gasteiger charge is -2.47. The van der Waals surface area contributed by atoms with Gasteiger partial charge in [-0.15, -0.1) is 0 Å². The van der Waals surface area contributed by atoms with Crippen molar-refractivity contribution < 1.29 is 0 Å². The number of para-hydroxylation sites is 1. The molecule has 5 aromatic rings. The first kappa shape index (κ1) is 23.4. The molecule has 1 spiro atoms. The maximum Gasteiger partial charge on any atom is 0.123 e. The number of hydrogen-bond donors (Lipinski definition) is 0. The quantitative estimate of drug-likeness (QED) is 0.223. The van der Waals surface area contributed by atoms with Crippen molar-refractivity contribution in [3.8, 4) is 11.1 Å². The van der Waals surface area contributed by atoms with Gasteiger partial charge in [0.05, 0.1) is 31.7 Å². The van der Waals surface area contributed by atoms with Crippen LogP contribution in [0.3, 0.4) is 0 Å². The van der Waals surface area contributed by atoms with E-state index in [4.69, 9.17) is 0 Å². The Morgan fingerprint density at radius 2 is 0.921 bits per heavy atom. The molecule has 0 radical (unpaired) electrons. The molecule has 1 heterocycles. The zero-order valence-corrected chi connectivity index (χ0v) is 23.0. The molecule has 0 saturated carbocycles. The molecule has 1 aliphatic carbocycles. The fourth-order valence-corrected chi connectivity index (χ4v) is 8.38. The Balaban J connectivity index is 1.65. The predicted octanol–water partition coefficient (Wildman–Crippen LogP) is 8.61. The van der Waals surface area contributed by atoms with E-state index in [1.54, 1.807) is 0 Å². The van der Waals surface area contributed by atoms with E-state index in [2.05, 4.69) is 163 Å². The van der Waals surface area contributed by atoms with E-state index >= 15 is 0 Å². The van der Waals surface area contributed by atoms with Crippen molar-refractivity contribution in [3.05, 3.63) is 161 Å². The molecule has 5 aromatic carbocycles. The van der Waals surface area contributed by atoms with Crippen LogP contribution in [0, 0.1) is 0 Å². The second-order valence-electron chi connectivity index (χ2n) is 11.1. The number of fused-ring (bicyclic) bond motifs is 7. The predicted molar refractivity (Wildman–Crippen MR) is 162 cm³/mol. The zero-order valence-electron chi connectivity index (χ0n) is 22.1. The van der Waals surface area contributed by atoms with Crippen LogP contribution in [0.15, 0.2) is 133 Å². The molecule has 3 heteroatoms. The van der Waals surface area contributed by atoms with E-state index in [0.29, 0.717) is 0 Å². The Bertz CT molecular complexity index is 1540. The Morgan fingerprint density at radius 1 is 0.500 bits per heavy atom. The molecule has 0 amide bonds. The largest absolute Gasteiger partial charge is 0.179 e. The third-order valence-corrected chi connectivity index (χ3v) is 9.57. The maximum absolute atomic E-state index is 2.75. The fraction of sp³-hybridized carbons (Fsp3) is 0.143. The summed E-state index contributed by atoms with van der Waals surface area (Å²) in [6.07, 6.45) is 0.